The molecule has 198 valence electrons. The van der Waals surface area contributed by atoms with Crippen molar-refractivity contribution in [2.75, 3.05) is 0 Å². The average Bonchev–Trinajstić information content (AvgIpc) is 2.70. The minimum Gasteiger partial charge on any atom is -0.354 e. The van der Waals surface area contributed by atoms with Gasteiger partial charge < -0.3 is 10.2 Å². The van der Waals surface area contributed by atoms with Gasteiger partial charge in [-0.05, 0) is 54.4 Å². The minimum atomic E-state index is -6.20. The summed E-state index contributed by atoms with van der Waals surface area (Å²) in [5, 5.41) is 24.8. The summed E-state index contributed by atoms with van der Waals surface area (Å²) in [5.74, 6) is -12.2. The van der Waals surface area contributed by atoms with Crippen molar-refractivity contribution in [1.82, 2.24) is 4.98 Å². The molecule has 5 nitrogen and oxygen atoms in total. The molecule has 0 saturated heterocycles. The Hall–Kier alpha value is -0.543. The molecule has 0 bridgehead atoms. The molecule has 2 atom stereocenters. The van der Waals surface area contributed by atoms with Gasteiger partial charge >= 0.3 is 17.9 Å². The third-order valence-corrected chi connectivity index (χ3v) is 14.1. The molecule has 0 aromatic carbocycles. The van der Waals surface area contributed by atoms with Gasteiger partial charge in [0.2, 0.25) is 0 Å². The lowest BCUT2D eigenvalue weighted by Gasteiger charge is -2.46. The lowest BCUT2D eigenvalue weighted by atomic mass is 9.70. The molecule has 1 rings (SSSR count). The minimum absolute atomic E-state index is 0.0825. The van der Waals surface area contributed by atoms with Gasteiger partial charge in [-0.2, -0.15) is 22.0 Å². The highest BCUT2D eigenvalue weighted by Crippen LogP contribution is 2.54. The Labute approximate surface area is 207 Å². The number of alkyl halides is 5. The molecule has 4 N–H and O–H groups in total. The van der Waals surface area contributed by atoms with E-state index in [2.05, 4.69) is 20.9 Å². The molecule has 0 amide bonds. The van der Waals surface area contributed by atoms with Crippen LogP contribution < -0.4 is 10.3 Å². The van der Waals surface area contributed by atoms with Crippen molar-refractivity contribution in [1.29, 1.82) is 0 Å². The fraction of sp³-hybridized carbons (Fsp3) is 0.750. The summed E-state index contributed by atoms with van der Waals surface area (Å²) in [6.45, 7) is 8.28. The van der Waals surface area contributed by atoms with Gasteiger partial charge in [0.1, 0.15) is 10.4 Å². The molecule has 0 radical (unpaired) electrons. The Bertz CT molecular complexity index is 920. The van der Waals surface area contributed by atoms with Crippen LogP contribution in [-0.2, 0) is 16.4 Å². The normalized spacial score (nSPS) is 16.9. The largest absolute Gasteiger partial charge is 0.449 e. The second-order valence-electron chi connectivity index (χ2n) is 9.31. The number of aromatic nitrogens is 1. The van der Waals surface area contributed by atoms with Crippen LogP contribution >= 0.6 is 15.9 Å². The molecule has 1 aromatic heterocycles. The maximum absolute atomic E-state index is 16.1. The standard InChI is InChI=1S/C20H31BrF6N2O3SSi/c1-7-34(8-2,9-3)12-10-13(21)29-15(14(12)22)17(6,11-16(4,5)33(28)32)18(23,24)19(30,31)20(25,26)27/h10,30-31H,7-9,11,28H2,1-6H3/t17-,33?/m1/s1. The van der Waals surface area contributed by atoms with Crippen LogP contribution in [0.15, 0.2) is 10.7 Å². The molecule has 34 heavy (non-hydrogen) atoms. The van der Waals surface area contributed by atoms with Crippen molar-refractivity contribution in [3.63, 3.8) is 0 Å². The van der Waals surface area contributed by atoms with Gasteiger partial charge in [0.25, 0.3) is 0 Å². The highest BCUT2D eigenvalue weighted by atomic mass is 79.9. The molecule has 1 heterocycles. The van der Waals surface area contributed by atoms with Gasteiger partial charge in [-0.15, -0.1) is 0 Å². The highest BCUT2D eigenvalue weighted by Gasteiger charge is 2.76. The zero-order valence-corrected chi connectivity index (χ0v) is 23.2. The van der Waals surface area contributed by atoms with Crippen molar-refractivity contribution in [2.45, 2.75) is 94.1 Å². The van der Waals surface area contributed by atoms with E-state index in [1.807, 2.05) is 20.8 Å². The molecular formula is C20H31BrF6N2O3SSi. The number of rotatable bonds is 10. The van der Waals surface area contributed by atoms with Crippen LogP contribution in [0.3, 0.4) is 0 Å². The molecule has 14 heteroatoms. The molecule has 0 aliphatic carbocycles. The number of nitrogens with zero attached hydrogens (tertiary/aromatic N) is 1. The lowest BCUT2D eigenvalue weighted by molar-refractivity contribution is -0.428. The summed E-state index contributed by atoms with van der Waals surface area (Å²) in [6.07, 6.45) is -7.32. The van der Waals surface area contributed by atoms with E-state index < -0.39 is 65.0 Å². The van der Waals surface area contributed by atoms with E-state index >= 15 is 13.2 Å². The first-order chi connectivity index (χ1) is 15.1. The average molecular weight is 602 g/mol. The van der Waals surface area contributed by atoms with Gasteiger partial charge in [-0.25, -0.2) is 13.6 Å². The lowest BCUT2D eigenvalue weighted by Crippen LogP contribution is -2.68. The Morgan fingerprint density at radius 1 is 1.06 bits per heavy atom. The molecular weight excluding hydrogens is 570 g/mol. The number of nitrogens with two attached hydrogens (primary N) is 1. The second-order valence-corrected chi connectivity index (χ2v) is 17.0. The van der Waals surface area contributed by atoms with Crippen molar-refractivity contribution in [3.8, 4) is 0 Å². The Morgan fingerprint density at radius 2 is 1.50 bits per heavy atom. The van der Waals surface area contributed by atoms with Crippen LogP contribution in [0.4, 0.5) is 26.3 Å². The van der Waals surface area contributed by atoms with Crippen LogP contribution in [0.1, 0.15) is 53.7 Å². The molecule has 1 aromatic rings. The molecule has 0 aliphatic rings. The number of halogens is 7. The predicted octanol–water partition coefficient (Wildman–Crippen LogP) is 4.63. The SMILES string of the molecule is CC[Si](CC)(CC)c1cc(Br)nc([C@@](C)(CC(C)(C)S(N)=O)C(F)(F)C(O)(O)C(F)(F)F)c1F. The number of pyridine rings is 1. The summed E-state index contributed by atoms with van der Waals surface area (Å²) >= 11 is 3.05. The van der Waals surface area contributed by atoms with Gasteiger partial charge in [0, 0.05) is 0 Å². The van der Waals surface area contributed by atoms with E-state index in [0.29, 0.717) is 25.1 Å². The fourth-order valence-electron chi connectivity index (χ4n) is 4.40. The van der Waals surface area contributed by atoms with Crippen molar-refractivity contribution in [2.24, 2.45) is 5.14 Å². The Kier molecular flexibility index (Phi) is 9.33. The topological polar surface area (TPSA) is 96.4 Å². The second kappa shape index (κ2) is 10.1. The van der Waals surface area contributed by atoms with Gasteiger partial charge in [0.05, 0.1) is 34.9 Å². The van der Waals surface area contributed by atoms with E-state index in [1.165, 1.54) is 6.07 Å². The first-order valence-corrected chi connectivity index (χ1v) is 15.2. The van der Waals surface area contributed by atoms with E-state index in [0.717, 1.165) is 13.8 Å². The molecule has 0 fully saturated rings. The van der Waals surface area contributed by atoms with Crippen molar-refractivity contribution < 1.29 is 40.8 Å². The molecule has 0 aliphatic heterocycles. The first-order valence-electron chi connectivity index (χ1n) is 10.5. The van der Waals surface area contributed by atoms with Crippen LogP contribution in [0.5, 0.6) is 0 Å². The monoisotopic (exact) mass is 600 g/mol. The predicted molar refractivity (Wildman–Crippen MR) is 125 cm³/mol. The molecule has 0 saturated carbocycles. The number of hydrogen-bond donors (Lipinski definition) is 3. The molecule has 1 unspecified atom stereocenters. The highest BCUT2D eigenvalue weighted by molar-refractivity contribution is 9.10. The Morgan fingerprint density at radius 3 is 1.85 bits per heavy atom. The Balaban J connectivity index is 4.18. The van der Waals surface area contributed by atoms with Crippen LogP contribution in [0.2, 0.25) is 18.1 Å². The van der Waals surface area contributed by atoms with Gasteiger partial charge in [0.15, 0.2) is 0 Å². The summed E-state index contributed by atoms with van der Waals surface area (Å²) in [7, 11) is -4.97. The maximum Gasteiger partial charge on any atom is 0.449 e. The van der Waals surface area contributed by atoms with E-state index in [-0.39, 0.29) is 9.79 Å². The number of hydrogen-bond acceptors (Lipinski definition) is 4. The summed E-state index contributed by atoms with van der Waals surface area (Å²) in [4.78, 5) is 3.78. The van der Waals surface area contributed by atoms with Crippen molar-refractivity contribution in [3.05, 3.63) is 22.2 Å². The van der Waals surface area contributed by atoms with E-state index in [9.17, 15) is 27.6 Å². The van der Waals surface area contributed by atoms with Crippen LogP contribution in [0, 0.1) is 5.82 Å². The summed E-state index contributed by atoms with van der Waals surface area (Å²) < 4.78 is 97.7. The number of aliphatic hydroxyl groups is 2. The molecule has 0 spiro atoms. The van der Waals surface area contributed by atoms with E-state index in [1.54, 1.807) is 0 Å². The smallest absolute Gasteiger partial charge is 0.354 e. The quantitative estimate of drug-likeness (QED) is 0.158. The zero-order valence-electron chi connectivity index (χ0n) is 19.8. The third kappa shape index (κ3) is 5.12. The van der Waals surface area contributed by atoms with E-state index in [4.69, 9.17) is 5.14 Å². The first kappa shape index (κ1) is 31.5. The van der Waals surface area contributed by atoms with Crippen LogP contribution in [0.25, 0.3) is 0 Å². The maximum atomic E-state index is 16.1. The fourth-order valence-corrected chi connectivity index (χ4v) is 9.12. The zero-order chi connectivity index (χ0) is 27.1. The van der Waals surface area contributed by atoms with Crippen LogP contribution in [-0.4, -0.2) is 50.1 Å². The van der Waals surface area contributed by atoms with Crippen molar-refractivity contribution >= 4 is 40.2 Å². The third-order valence-electron chi connectivity index (χ3n) is 6.90. The van der Waals surface area contributed by atoms with Gasteiger partial charge in [-0.3, -0.25) is 5.14 Å². The summed E-state index contributed by atoms with van der Waals surface area (Å²) in [5.41, 5.74) is -4.38. The summed E-state index contributed by atoms with van der Waals surface area (Å²) in [6, 6.07) is 2.89. The van der Waals surface area contributed by atoms with Gasteiger partial charge in [-0.1, -0.05) is 38.9 Å².